The molecular weight excluding hydrogens is 580 g/mol. The van der Waals surface area contributed by atoms with E-state index in [0.29, 0.717) is 16.9 Å². The van der Waals surface area contributed by atoms with Gasteiger partial charge in [-0.3, -0.25) is 14.4 Å². The third-order valence-electron chi connectivity index (χ3n) is 10.5. The highest BCUT2D eigenvalue weighted by Gasteiger charge is 2.57. The molecule has 0 radical (unpaired) electrons. The lowest BCUT2D eigenvalue weighted by atomic mass is 9.68. The van der Waals surface area contributed by atoms with E-state index in [-0.39, 0.29) is 47.6 Å². The van der Waals surface area contributed by atoms with Crippen LogP contribution in [-0.2, 0) is 9.53 Å². The van der Waals surface area contributed by atoms with E-state index in [1.807, 2.05) is 116 Å². The predicted octanol–water partition coefficient (Wildman–Crippen LogP) is 9.04. The van der Waals surface area contributed by atoms with Crippen LogP contribution in [0.2, 0.25) is 0 Å². The number of carbonyl (C=O) groups is 3. The summed E-state index contributed by atoms with van der Waals surface area (Å²) in [6.45, 7) is 2.03. The predicted molar refractivity (Wildman–Crippen MR) is 182 cm³/mol. The molecule has 47 heavy (non-hydrogen) atoms. The van der Waals surface area contributed by atoms with Crippen LogP contribution < -0.4 is 0 Å². The molecule has 3 aliphatic rings. The Hall–Kier alpha value is -5.35. The average Bonchev–Trinajstić information content (AvgIpc) is 3.61. The van der Waals surface area contributed by atoms with Crippen LogP contribution in [0.5, 0.6) is 0 Å². The van der Waals surface area contributed by atoms with Gasteiger partial charge in [-0.25, -0.2) is 0 Å². The number of aryl methyl sites for hydroxylation is 1. The van der Waals surface area contributed by atoms with Crippen molar-refractivity contribution in [3.8, 4) is 0 Å². The monoisotopic (exact) mass is 614 g/mol. The van der Waals surface area contributed by atoms with Gasteiger partial charge in [-0.1, -0.05) is 139 Å². The number of carbonyl (C=O) groups excluding carboxylic acids is 3. The van der Waals surface area contributed by atoms with Crippen LogP contribution in [-0.4, -0.2) is 17.5 Å². The van der Waals surface area contributed by atoms with Gasteiger partial charge in [-0.15, -0.1) is 0 Å². The summed E-state index contributed by atoms with van der Waals surface area (Å²) in [5, 5.41) is 0. The van der Waals surface area contributed by atoms with E-state index < -0.39 is 11.8 Å². The van der Waals surface area contributed by atoms with Gasteiger partial charge in [-0.05, 0) is 35.3 Å². The molecule has 0 saturated carbocycles. The van der Waals surface area contributed by atoms with Crippen molar-refractivity contribution >= 4 is 23.3 Å². The van der Waals surface area contributed by atoms with E-state index >= 15 is 0 Å². The molecule has 230 valence electrons. The number of ketones is 2. The summed E-state index contributed by atoms with van der Waals surface area (Å²) < 4.78 is 6.15. The fourth-order valence-corrected chi connectivity index (χ4v) is 8.40. The molecule has 6 atom stereocenters. The molecular formula is C43H34O4. The maximum absolute atomic E-state index is 14.8. The molecule has 1 heterocycles. The Morgan fingerprint density at radius 1 is 0.596 bits per heavy atom. The van der Waals surface area contributed by atoms with Crippen molar-refractivity contribution in [3.05, 3.63) is 184 Å². The molecule has 0 N–H and O–H groups in total. The minimum absolute atomic E-state index is 0.00124. The zero-order valence-electron chi connectivity index (χ0n) is 26.1. The van der Waals surface area contributed by atoms with Crippen molar-refractivity contribution in [2.45, 2.75) is 37.0 Å². The molecule has 4 nitrogen and oxygen atoms in total. The highest BCUT2D eigenvalue weighted by atomic mass is 16.5. The van der Waals surface area contributed by atoms with Crippen LogP contribution in [0, 0.1) is 18.8 Å². The average molecular weight is 615 g/mol. The number of Topliss-reactive ketones (excluding diaryl/α,β-unsaturated/α-hetero) is 2. The van der Waals surface area contributed by atoms with E-state index in [2.05, 4.69) is 30.3 Å². The number of hydrogen-bond acceptors (Lipinski definition) is 4. The summed E-state index contributed by atoms with van der Waals surface area (Å²) in [5.41, 5.74) is 7.46. The van der Waals surface area contributed by atoms with Crippen molar-refractivity contribution < 1.29 is 19.1 Å². The molecule has 0 aromatic heterocycles. The zero-order valence-corrected chi connectivity index (χ0v) is 26.1. The molecule has 0 saturated heterocycles. The lowest BCUT2D eigenvalue weighted by Crippen LogP contribution is -2.34. The van der Waals surface area contributed by atoms with E-state index in [0.717, 1.165) is 33.4 Å². The Kier molecular flexibility index (Phi) is 7.29. The van der Waals surface area contributed by atoms with Crippen molar-refractivity contribution in [3.63, 3.8) is 0 Å². The number of rotatable bonds is 7. The van der Waals surface area contributed by atoms with Crippen molar-refractivity contribution in [1.29, 1.82) is 0 Å². The van der Waals surface area contributed by atoms with Crippen molar-refractivity contribution in [2.24, 2.45) is 11.8 Å². The number of benzene rings is 5. The van der Waals surface area contributed by atoms with Gasteiger partial charge in [0.15, 0.2) is 11.6 Å². The van der Waals surface area contributed by atoms with Crippen LogP contribution in [0.15, 0.2) is 140 Å². The second kappa shape index (κ2) is 11.8. The SMILES string of the molecule is Cc1ccc(C2=C[C@@H]3c4ccccc4[C@@H](C4c5ccccc5[C@@H](CC(=O)c5ccccc5)[C@@H]4C(=O)c4ccccc4)[C@@H]3C(=O)O2)cc1. The van der Waals surface area contributed by atoms with Gasteiger partial charge in [-0.2, -0.15) is 0 Å². The Morgan fingerprint density at radius 3 is 1.81 bits per heavy atom. The molecule has 1 unspecified atom stereocenters. The summed E-state index contributed by atoms with van der Waals surface area (Å²) >= 11 is 0. The molecule has 0 fully saturated rings. The third kappa shape index (κ3) is 4.96. The van der Waals surface area contributed by atoms with Crippen LogP contribution in [0.3, 0.4) is 0 Å². The van der Waals surface area contributed by atoms with Gasteiger partial charge in [0.25, 0.3) is 0 Å². The quantitative estimate of drug-likeness (QED) is 0.136. The van der Waals surface area contributed by atoms with Crippen LogP contribution in [0.4, 0.5) is 0 Å². The minimum atomic E-state index is -0.547. The molecule has 0 amide bonds. The first-order valence-electron chi connectivity index (χ1n) is 16.4. The Balaban J connectivity index is 1.28. The van der Waals surface area contributed by atoms with E-state index in [4.69, 9.17) is 4.74 Å². The van der Waals surface area contributed by atoms with Gasteiger partial charge in [0.05, 0.1) is 5.92 Å². The second-order valence-corrected chi connectivity index (χ2v) is 13.0. The number of fused-ring (bicyclic) bond motifs is 4. The number of hydrogen-bond donors (Lipinski definition) is 0. The molecule has 0 bridgehead atoms. The van der Waals surface area contributed by atoms with Gasteiger partial charge in [0.1, 0.15) is 5.76 Å². The summed E-state index contributed by atoms with van der Waals surface area (Å²) in [4.78, 5) is 42.9. The fourth-order valence-electron chi connectivity index (χ4n) is 8.40. The first kappa shape index (κ1) is 29.1. The summed E-state index contributed by atoms with van der Waals surface area (Å²) in [6.07, 6.45) is 2.30. The highest BCUT2D eigenvalue weighted by Crippen LogP contribution is 2.63. The summed E-state index contributed by atoms with van der Waals surface area (Å²) in [6, 6.07) is 43.1. The minimum Gasteiger partial charge on any atom is -0.426 e. The molecule has 4 heteroatoms. The number of allylic oxidation sites excluding steroid dienone is 1. The third-order valence-corrected chi connectivity index (χ3v) is 10.5. The van der Waals surface area contributed by atoms with Crippen molar-refractivity contribution in [2.75, 3.05) is 0 Å². The first-order chi connectivity index (χ1) is 23.0. The van der Waals surface area contributed by atoms with Gasteiger partial charge >= 0.3 is 5.97 Å². The number of cyclic esters (lactones) is 1. The Bertz CT molecular complexity index is 2030. The van der Waals surface area contributed by atoms with Gasteiger partial charge < -0.3 is 4.74 Å². The topological polar surface area (TPSA) is 60.4 Å². The molecule has 0 spiro atoms. The smallest absolute Gasteiger partial charge is 0.315 e. The van der Waals surface area contributed by atoms with E-state index in [9.17, 15) is 14.4 Å². The fraction of sp³-hybridized carbons (Fsp3) is 0.186. The molecule has 2 aliphatic carbocycles. The standard InChI is InChI=1S/C43H34O4/c1-26-20-22-28(23-21-26)37-25-35-31-17-9-11-19-33(31)39(41(35)43(46)47-37)38-32-18-10-8-16-30(32)34(24-36(44)27-12-4-2-5-13-27)40(38)42(45)29-14-6-3-7-15-29/h2-23,25,34-35,38-41H,24H2,1H3/t34-,35-,38?,39+,40+,41-/m1/s1. The number of ether oxygens (including phenoxy) is 1. The van der Waals surface area contributed by atoms with E-state index in [1.165, 1.54) is 0 Å². The molecule has 5 aromatic rings. The number of esters is 1. The Labute approximate surface area is 274 Å². The molecule has 5 aromatic carbocycles. The highest BCUT2D eigenvalue weighted by molar-refractivity contribution is 6.02. The second-order valence-electron chi connectivity index (χ2n) is 13.0. The summed E-state index contributed by atoms with van der Waals surface area (Å²) in [5.74, 6) is -1.93. The zero-order chi connectivity index (χ0) is 32.1. The largest absolute Gasteiger partial charge is 0.426 e. The maximum Gasteiger partial charge on any atom is 0.315 e. The van der Waals surface area contributed by atoms with Crippen LogP contribution >= 0.6 is 0 Å². The normalized spacial score (nSPS) is 24.0. The Morgan fingerprint density at radius 2 is 1.15 bits per heavy atom. The van der Waals surface area contributed by atoms with E-state index in [1.54, 1.807) is 0 Å². The van der Waals surface area contributed by atoms with Gasteiger partial charge in [0.2, 0.25) is 0 Å². The lowest BCUT2D eigenvalue weighted by molar-refractivity contribution is -0.143. The van der Waals surface area contributed by atoms with Crippen LogP contribution in [0.1, 0.15) is 84.2 Å². The molecule has 8 rings (SSSR count). The van der Waals surface area contributed by atoms with Gasteiger partial charge in [0, 0.05) is 52.7 Å². The maximum atomic E-state index is 14.8. The molecule has 1 aliphatic heterocycles. The van der Waals surface area contributed by atoms with Crippen molar-refractivity contribution in [1.82, 2.24) is 0 Å². The lowest BCUT2D eigenvalue weighted by Gasteiger charge is -2.34. The summed E-state index contributed by atoms with van der Waals surface area (Å²) in [7, 11) is 0. The van der Waals surface area contributed by atoms with Crippen LogP contribution in [0.25, 0.3) is 5.76 Å². The first-order valence-corrected chi connectivity index (χ1v) is 16.4.